The Morgan fingerprint density at radius 1 is 0.762 bits per heavy atom. The fraction of sp³-hybridized carbons (Fsp3) is 0.833. The van der Waals surface area contributed by atoms with Gasteiger partial charge in [-0.25, -0.2) is 0 Å². The second kappa shape index (κ2) is 20.8. The average molecular weight is 321 g/mol. The van der Waals surface area contributed by atoms with Crippen LogP contribution in [-0.4, -0.2) is 5.97 Å². The number of allylic oxidation sites excluding steroid dienone is 2. The average Bonchev–Trinajstić information content (AvgIpc) is 2.43. The molecule has 0 aromatic rings. The van der Waals surface area contributed by atoms with Gasteiger partial charge >= 0.3 is 51.4 Å². The molecule has 3 heteroatoms. The minimum Gasteiger partial charge on any atom is -0.550 e. The third-order valence-electron chi connectivity index (χ3n) is 3.64. The van der Waals surface area contributed by atoms with Gasteiger partial charge in [-0.15, -0.1) is 0 Å². The van der Waals surface area contributed by atoms with Crippen LogP contribution in [0.2, 0.25) is 0 Å². The van der Waals surface area contributed by atoms with E-state index in [2.05, 4.69) is 19.1 Å². The summed E-state index contributed by atoms with van der Waals surface area (Å²) in [5.41, 5.74) is 0. The molecule has 0 unspecified atom stereocenters. The largest absolute Gasteiger partial charge is 1.00 e. The van der Waals surface area contributed by atoms with Gasteiger partial charge in [0.25, 0.3) is 0 Å². The topological polar surface area (TPSA) is 40.1 Å². The monoisotopic (exact) mass is 320 g/mol. The molecule has 0 aromatic carbocycles. The van der Waals surface area contributed by atoms with Crippen LogP contribution in [0.15, 0.2) is 12.2 Å². The smallest absolute Gasteiger partial charge is 0.550 e. The standard InChI is InChI=1S/C18H34O2.K/c1-2-3-4-5-6-7-8-9-10-11-12-13-14-15-16-17-18(19)20;/h9-10H,2-8,11-17H2,1H3,(H,19,20);/q;+1/p-1. The Hall–Kier alpha value is 0.846. The molecule has 0 atom stereocenters. The molecule has 2 nitrogen and oxygen atoms in total. The summed E-state index contributed by atoms with van der Waals surface area (Å²) in [6, 6.07) is 0. The van der Waals surface area contributed by atoms with Crippen molar-refractivity contribution in [3.8, 4) is 0 Å². The van der Waals surface area contributed by atoms with Crippen molar-refractivity contribution in [3.05, 3.63) is 12.2 Å². The molecule has 0 rings (SSSR count). The summed E-state index contributed by atoms with van der Waals surface area (Å²) in [4.78, 5) is 10.2. The Bertz CT molecular complexity index is 239. The number of carbonyl (C=O) groups excluding carboxylic acids is 1. The zero-order valence-electron chi connectivity index (χ0n) is 14.4. The number of carboxylic acids is 1. The predicted molar refractivity (Wildman–Crippen MR) is 84.5 cm³/mol. The molecule has 0 saturated heterocycles. The first-order chi connectivity index (χ1) is 9.77. The summed E-state index contributed by atoms with van der Waals surface area (Å²) in [6.45, 7) is 2.26. The van der Waals surface area contributed by atoms with Crippen molar-refractivity contribution in [2.75, 3.05) is 0 Å². The van der Waals surface area contributed by atoms with Crippen molar-refractivity contribution < 1.29 is 61.3 Å². The van der Waals surface area contributed by atoms with Gasteiger partial charge in [-0.05, 0) is 38.5 Å². The van der Waals surface area contributed by atoms with Crippen molar-refractivity contribution in [2.24, 2.45) is 0 Å². The molecule has 0 aliphatic rings. The normalized spacial score (nSPS) is 10.7. The first-order valence-electron chi connectivity index (χ1n) is 8.62. The van der Waals surface area contributed by atoms with E-state index in [0.717, 1.165) is 19.3 Å². The van der Waals surface area contributed by atoms with Crippen LogP contribution >= 0.6 is 0 Å². The summed E-state index contributed by atoms with van der Waals surface area (Å²) >= 11 is 0. The first-order valence-corrected chi connectivity index (χ1v) is 8.62. The van der Waals surface area contributed by atoms with Crippen molar-refractivity contribution in [3.63, 3.8) is 0 Å². The maximum absolute atomic E-state index is 10.2. The minimum atomic E-state index is -0.914. The Morgan fingerprint density at radius 3 is 1.67 bits per heavy atom. The Balaban J connectivity index is 0. The zero-order valence-corrected chi connectivity index (χ0v) is 17.5. The van der Waals surface area contributed by atoms with E-state index in [1.54, 1.807) is 0 Å². The molecule has 0 aliphatic heterocycles. The second-order valence-corrected chi connectivity index (χ2v) is 5.71. The summed E-state index contributed by atoms with van der Waals surface area (Å²) in [7, 11) is 0. The number of hydrogen-bond acceptors (Lipinski definition) is 2. The quantitative estimate of drug-likeness (QED) is 0.262. The van der Waals surface area contributed by atoms with Gasteiger partial charge in [0.2, 0.25) is 0 Å². The molecule has 0 spiro atoms. The van der Waals surface area contributed by atoms with E-state index in [4.69, 9.17) is 0 Å². The minimum absolute atomic E-state index is 0. The molecular weight excluding hydrogens is 287 g/mol. The summed E-state index contributed by atoms with van der Waals surface area (Å²) in [5, 5.41) is 10.2. The van der Waals surface area contributed by atoms with E-state index < -0.39 is 5.97 Å². The molecule has 0 radical (unpaired) electrons. The van der Waals surface area contributed by atoms with Crippen molar-refractivity contribution in [2.45, 2.75) is 96.8 Å². The van der Waals surface area contributed by atoms with Gasteiger partial charge in [0.15, 0.2) is 0 Å². The SMILES string of the molecule is CCCCCCCCC=CCCCCCCCC(=O)[O-].[K+]. The molecular formula is C18H33KO2. The van der Waals surface area contributed by atoms with Crippen LogP contribution in [0.5, 0.6) is 0 Å². The zero-order chi connectivity index (χ0) is 14.9. The van der Waals surface area contributed by atoms with Crippen molar-refractivity contribution in [1.29, 1.82) is 0 Å². The molecule has 0 heterocycles. The molecule has 0 amide bonds. The fourth-order valence-electron chi connectivity index (χ4n) is 2.34. The first kappa shape index (κ1) is 24.1. The van der Waals surface area contributed by atoms with E-state index in [1.807, 2.05) is 0 Å². The van der Waals surface area contributed by atoms with Crippen LogP contribution in [0, 0.1) is 0 Å². The summed E-state index contributed by atoms with van der Waals surface area (Å²) in [6.07, 6.45) is 20.9. The number of carbonyl (C=O) groups is 1. The molecule has 0 saturated carbocycles. The molecule has 0 fully saturated rings. The van der Waals surface area contributed by atoms with E-state index >= 15 is 0 Å². The number of hydrogen-bond donors (Lipinski definition) is 0. The second-order valence-electron chi connectivity index (χ2n) is 5.71. The maximum atomic E-state index is 10.2. The Morgan fingerprint density at radius 2 is 1.19 bits per heavy atom. The number of rotatable bonds is 15. The van der Waals surface area contributed by atoms with E-state index in [-0.39, 0.29) is 57.8 Å². The van der Waals surface area contributed by atoms with Gasteiger partial charge < -0.3 is 9.90 Å². The van der Waals surface area contributed by atoms with Gasteiger partial charge in [0, 0.05) is 5.97 Å². The Labute approximate surface area is 174 Å². The molecule has 0 aromatic heterocycles. The summed E-state index contributed by atoms with van der Waals surface area (Å²) in [5.74, 6) is -0.914. The van der Waals surface area contributed by atoms with Crippen molar-refractivity contribution >= 4 is 5.97 Å². The number of carboxylic acid groups (broad SMARTS) is 1. The van der Waals surface area contributed by atoms with Crippen LogP contribution in [-0.2, 0) is 4.79 Å². The fourth-order valence-corrected chi connectivity index (χ4v) is 2.34. The third kappa shape index (κ3) is 23.2. The van der Waals surface area contributed by atoms with Gasteiger partial charge in [-0.2, -0.15) is 0 Å². The molecule has 0 aliphatic carbocycles. The van der Waals surface area contributed by atoms with E-state index in [9.17, 15) is 9.90 Å². The maximum Gasteiger partial charge on any atom is 1.00 e. The summed E-state index contributed by atoms with van der Waals surface area (Å²) < 4.78 is 0. The van der Waals surface area contributed by atoms with E-state index in [0.29, 0.717) is 0 Å². The molecule has 118 valence electrons. The van der Waals surface area contributed by atoms with Crippen LogP contribution < -0.4 is 56.5 Å². The van der Waals surface area contributed by atoms with Crippen LogP contribution in [0.25, 0.3) is 0 Å². The van der Waals surface area contributed by atoms with Gasteiger partial charge in [-0.3, -0.25) is 0 Å². The molecule has 21 heavy (non-hydrogen) atoms. The van der Waals surface area contributed by atoms with Crippen molar-refractivity contribution in [1.82, 2.24) is 0 Å². The van der Waals surface area contributed by atoms with Crippen LogP contribution in [0.4, 0.5) is 0 Å². The van der Waals surface area contributed by atoms with Crippen LogP contribution in [0.3, 0.4) is 0 Å². The van der Waals surface area contributed by atoms with Gasteiger partial charge in [0.1, 0.15) is 0 Å². The van der Waals surface area contributed by atoms with Gasteiger partial charge in [-0.1, -0.05) is 70.4 Å². The van der Waals surface area contributed by atoms with Gasteiger partial charge in [0.05, 0.1) is 0 Å². The predicted octanol–water partition coefficient (Wildman–Crippen LogP) is 1.78. The molecule has 0 bridgehead atoms. The Kier molecular flexibility index (Phi) is 23.9. The number of unbranched alkanes of at least 4 members (excludes halogenated alkanes) is 11. The van der Waals surface area contributed by atoms with E-state index in [1.165, 1.54) is 64.2 Å². The third-order valence-corrected chi connectivity index (χ3v) is 3.64. The van der Waals surface area contributed by atoms with Crippen LogP contribution in [0.1, 0.15) is 96.8 Å². The number of aliphatic carboxylic acids is 1. The molecule has 0 N–H and O–H groups in total.